The SMILES string of the molecule is COc1cc([C@H]2c3c(n(C(C)C)[nH]c3=O)NC(=O)[C@@H]2[N+](=O)[O-])ccc1O. The van der Waals surface area contributed by atoms with E-state index < -0.39 is 28.3 Å². The van der Waals surface area contributed by atoms with E-state index in [0.717, 1.165) is 0 Å². The first-order chi connectivity index (χ1) is 12.3. The van der Waals surface area contributed by atoms with Crippen LogP contribution in [0, 0.1) is 10.1 Å². The van der Waals surface area contributed by atoms with Crippen molar-refractivity contribution >= 4 is 11.7 Å². The van der Waals surface area contributed by atoms with Gasteiger partial charge in [-0.05, 0) is 31.5 Å². The number of ether oxygens (including phenoxy) is 1. The third-order valence-electron chi connectivity index (χ3n) is 4.41. The highest BCUT2D eigenvalue weighted by atomic mass is 16.6. The van der Waals surface area contributed by atoms with Gasteiger partial charge in [0.2, 0.25) is 0 Å². The van der Waals surface area contributed by atoms with Crippen molar-refractivity contribution in [1.82, 2.24) is 9.78 Å². The van der Waals surface area contributed by atoms with Crippen molar-refractivity contribution < 1.29 is 19.6 Å². The van der Waals surface area contributed by atoms with E-state index in [2.05, 4.69) is 10.4 Å². The molecule has 0 saturated heterocycles. The first-order valence-corrected chi connectivity index (χ1v) is 7.92. The molecule has 0 unspecified atom stereocenters. The number of anilines is 1. The molecule has 138 valence electrons. The maximum absolute atomic E-state index is 12.5. The molecule has 3 rings (SSSR count). The van der Waals surface area contributed by atoms with Crippen LogP contribution in [0.3, 0.4) is 0 Å². The summed E-state index contributed by atoms with van der Waals surface area (Å²) in [5.74, 6) is -1.77. The summed E-state index contributed by atoms with van der Waals surface area (Å²) in [5, 5.41) is 26.4. The standard InChI is InChI=1S/C16H18N4O6/c1-7(2)19-14-12(15(22)18-19)11(13(20(24)25)16(23)17-14)8-4-5-9(21)10(6-8)26-3/h4-7,11,13,21H,1-3H3,(H,17,23)(H,18,22)/t11-,13+/m0/s1. The van der Waals surface area contributed by atoms with Gasteiger partial charge in [0.05, 0.1) is 18.6 Å². The molecule has 2 heterocycles. The van der Waals surface area contributed by atoms with Crippen LogP contribution >= 0.6 is 0 Å². The van der Waals surface area contributed by atoms with Crippen LogP contribution in [-0.4, -0.2) is 38.9 Å². The highest BCUT2D eigenvalue weighted by Gasteiger charge is 2.48. The van der Waals surface area contributed by atoms with Crippen LogP contribution in [0.5, 0.6) is 11.5 Å². The fraction of sp³-hybridized carbons (Fsp3) is 0.375. The summed E-state index contributed by atoms with van der Waals surface area (Å²) in [4.78, 5) is 35.8. The highest BCUT2D eigenvalue weighted by molar-refractivity contribution is 5.98. The van der Waals surface area contributed by atoms with Crippen molar-refractivity contribution in [2.75, 3.05) is 12.4 Å². The van der Waals surface area contributed by atoms with Crippen molar-refractivity contribution in [3.05, 3.63) is 49.8 Å². The number of aromatic nitrogens is 2. The van der Waals surface area contributed by atoms with E-state index in [1.54, 1.807) is 13.8 Å². The normalized spacial score (nSPS) is 19.2. The van der Waals surface area contributed by atoms with Crippen LogP contribution in [0.25, 0.3) is 0 Å². The molecule has 0 aliphatic carbocycles. The van der Waals surface area contributed by atoms with Crippen LogP contribution < -0.4 is 15.6 Å². The maximum atomic E-state index is 12.5. The number of hydrogen-bond donors (Lipinski definition) is 3. The molecule has 1 aliphatic rings. The minimum absolute atomic E-state index is 0.0943. The molecule has 0 fully saturated rings. The molecule has 1 aromatic carbocycles. The van der Waals surface area contributed by atoms with Gasteiger partial charge in [-0.2, -0.15) is 0 Å². The minimum Gasteiger partial charge on any atom is -0.504 e. The fourth-order valence-corrected chi connectivity index (χ4v) is 3.22. The van der Waals surface area contributed by atoms with E-state index in [-0.39, 0.29) is 28.9 Å². The summed E-state index contributed by atoms with van der Waals surface area (Å²) < 4.78 is 6.52. The second-order valence-corrected chi connectivity index (χ2v) is 6.30. The molecule has 1 aliphatic heterocycles. The Morgan fingerprint density at radius 3 is 2.62 bits per heavy atom. The number of phenolic OH excluding ortho intramolecular Hbond substituents is 1. The van der Waals surface area contributed by atoms with Crippen molar-refractivity contribution in [1.29, 1.82) is 0 Å². The molecule has 10 nitrogen and oxygen atoms in total. The Morgan fingerprint density at radius 2 is 2.04 bits per heavy atom. The molecule has 2 atom stereocenters. The Labute approximate surface area is 147 Å². The van der Waals surface area contributed by atoms with Crippen LogP contribution in [0.4, 0.5) is 5.82 Å². The largest absolute Gasteiger partial charge is 0.504 e. The highest BCUT2D eigenvalue weighted by Crippen LogP contribution is 2.40. The number of carbonyl (C=O) groups is 1. The van der Waals surface area contributed by atoms with E-state index >= 15 is 0 Å². The summed E-state index contributed by atoms with van der Waals surface area (Å²) in [6.45, 7) is 3.61. The van der Waals surface area contributed by atoms with E-state index in [9.17, 15) is 24.8 Å². The molecule has 3 N–H and O–H groups in total. The lowest BCUT2D eigenvalue weighted by molar-refractivity contribution is -0.509. The van der Waals surface area contributed by atoms with Gasteiger partial charge in [0.1, 0.15) is 5.82 Å². The van der Waals surface area contributed by atoms with Crippen molar-refractivity contribution in [2.45, 2.75) is 31.8 Å². The number of rotatable bonds is 4. The van der Waals surface area contributed by atoms with E-state index in [1.165, 1.54) is 30.0 Å². The van der Waals surface area contributed by atoms with Crippen molar-refractivity contribution in [3.63, 3.8) is 0 Å². The first-order valence-electron chi connectivity index (χ1n) is 7.92. The van der Waals surface area contributed by atoms with Crippen molar-refractivity contribution in [2.24, 2.45) is 0 Å². The predicted molar refractivity (Wildman–Crippen MR) is 91.4 cm³/mol. The Hall–Kier alpha value is -3.30. The van der Waals surface area contributed by atoms with Crippen LogP contribution in [-0.2, 0) is 4.79 Å². The quantitative estimate of drug-likeness (QED) is 0.551. The van der Waals surface area contributed by atoms with Gasteiger partial charge in [-0.25, -0.2) is 0 Å². The number of amides is 1. The number of H-pyrrole nitrogens is 1. The smallest absolute Gasteiger partial charge is 0.301 e. The van der Waals surface area contributed by atoms with E-state index in [4.69, 9.17) is 4.74 Å². The number of phenols is 1. The fourth-order valence-electron chi connectivity index (χ4n) is 3.22. The zero-order chi connectivity index (χ0) is 19.2. The number of aromatic hydroxyl groups is 1. The molecule has 0 radical (unpaired) electrons. The average Bonchev–Trinajstić information content (AvgIpc) is 2.90. The van der Waals surface area contributed by atoms with Gasteiger partial charge in [0.25, 0.3) is 5.56 Å². The molecule has 0 saturated carbocycles. The van der Waals surface area contributed by atoms with E-state index in [1.807, 2.05) is 0 Å². The van der Waals surface area contributed by atoms with Gasteiger partial charge in [-0.15, -0.1) is 0 Å². The van der Waals surface area contributed by atoms with Gasteiger partial charge in [-0.1, -0.05) is 6.07 Å². The van der Waals surface area contributed by atoms with Crippen LogP contribution in [0.15, 0.2) is 23.0 Å². The summed E-state index contributed by atoms with van der Waals surface area (Å²) in [5.41, 5.74) is -0.0882. The summed E-state index contributed by atoms with van der Waals surface area (Å²) in [6, 6.07) is 2.29. The predicted octanol–water partition coefficient (Wildman–Crippen LogP) is 1.20. The Morgan fingerprint density at radius 1 is 1.35 bits per heavy atom. The number of fused-ring (bicyclic) bond motifs is 1. The number of aromatic amines is 1. The Balaban J connectivity index is 2.29. The van der Waals surface area contributed by atoms with Gasteiger partial charge in [-0.3, -0.25) is 29.5 Å². The molecular weight excluding hydrogens is 344 g/mol. The lowest BCUT2D eigenvalue weighted by Crippen LogP contribution is -2.45. The summed E-state index contributed by atoms with van der Waals surface area (Å²) >= 11 is 0. The monoisotopic (exact) mass is 362 g/mol. The second kappa shape index (κ2) is 6.21. The van der Waals surface area contributed by atoms with Gasteiger partial charge < -0.3 is 15.2 Å². The number of nitro groups is 1. The molecule has 1 aromatic heterocycles. The number of methoxy groups -OCH3 is 1. The Bertz CT molecular complexity index is 945. The first kappa shape index (κ1) is 17.5. The molecule has 0 bridgehead atoms. The van der Waals surface area contributed by atoms with Gasteiger partial charge >= 0.3 is 11.9 Å². The zero-order valence-electron chi connectivity index (χ0n) is 14.3. The topological polar surface area (TPSA) is 139 Å². The molecule has 26 heavy (non-hydrogen) atoms. The summed E-state index contributed by atoms with van der Waals surface area (Å²) in [7, 11) is 1.34. The molecular formula is C16H18N4O6. The number of nitrogens with one attached hydrogen (secondary N) is 2. The molecule has 2 aromatic rings. The number of nitrogens with zero attached hydrogens (tertiary/aromatic N) is 2. The molecule has 10 heteroatoms. The molecule has 1 amide bonds. The van der Waals surface area contributed by atoms with Gasteiger partial charge in [0.15, 0.2) is 11.5 Å². The van der Waals surface area contributed by atoms with Crippen LogP contribution in [0.2, 0.25) is 0 Å². The molecule has 0 spiro atoms. The minimum atomic E-state index is -1.68. The third-order valence-corrected chi connectivity index (χ3v) is 4.41. The third kappa shape index (κ3) is 2.59. The lowest BCUT2D eigenvalue weighted by atomic mass is 9.83. The van der Waals surface area contributed by atoms with E-state index in [0.29, 0.717) is 5.56 Å². The van der Waals surface area contributed by atoms with Crippen molar-refractivity contribution in [3.8, 4) is 11.5 Å². The maximum Gasteiger partial charge on any atom is 0.301 e. The number of hydrogen-bond acceptors (Lipinski definition) is 6. The van der Waals surface area contributed by atoms with Crippen LogP contribution in [0.1, 0.15) is 36.9 Å². The number of carbonyl (C=O) groups excluding carboxylic acids is 1. The number of benzene rings is 1. The average molecular weight is 362 g/mol. The lowest BCUT2D eigenvalue weighted by Gasteiger charge is -2.26. The van der Waals surface area contributed by atoms with Gasteiger partial charge in [0, 0.05) is 11.0 Å². The Kier molecular flexibility index (Phi) is 4.18. The zero-order valence-corrected chi connectivity index (χ0v) is 14.3. The summed E-state index contributed by atoms with van der Waals surface area (Å²) in [6.07, 6.45) is 0. The second-order valence-electron chi connectivity index (χ2n) is 6.30.